The van der Waals surface area contributed by atoms with E-state index in [0.29, 0.717) is 6.42 Å². The van der Waals surface area contributed by atoms with Crippen LogP contribution in [0.25, 0.3) is 0 Å². The summed E-state index contributed by atoms with van der Waals surface area (Å²) in [7, 11) is 0. The SMILES string of the molecule is CCN1CCN(C(=O)CNC(=O)Cc2ccc(C)cc2)CC1. The number of benzene rings is 1. The molecule has 5 heteroatoms. The Morgan fingerprint density at radius 2 is 1.73 bits per heavy atom. The molecule has 0 spiro atoms. The number of nitrogens with one attached hydrogen (secondary N) is 1. The molecule has 1 aliphatic heterocycles. The minimum absolute atomic E-state index is 0.00742. The zero-order valence-electron chi connectivity index (χ0n) is 13.5. The van der Waals surface area contributed by atoms with Crippen LogP contribution in [-0.4, -0.2) is 60.9 Å². The molecule has 0 aliphatic carbocycles. The Morgan fingerprint density at radius 3 is 2.32 bits per heavy atom. The highest BCUT2D eigenvalue weighted by Crippen LogP contribution is 2.04. The molecular formula is C17H25N3O2. The molecular weight excluding hydrogens is 278 g/mol. The van der Waals surface area contributed by atoms with E-state index in [1.165, 1.54) is 5.56 Å². The van der Waals surface area contributed by atoms with E-state index >= 15 is 0 Å². The van der Waals surface area contributed by atoms with Crippen LogP contribution in [-0.2, 0) is 16.0 Å². The summed E-state index contributed by atoms with van der Waals surface area (Å²) in [5.41, 5.74) is 2.14. The van der Waals surface area contributed by atoms with E-state index in [1.807, 2.05) is 36.1 Å². The summed E-state index contributed by atoms with van der Waals surface area (Å²) in [5.74, 6) is -0.0996. The van der Waals surface area contributed by atoms with Crippen molar-refractivity contribution >= 4 is 11.8 Å². The van der Waals surface area contributed by atoms with Crippen molar-refractivity contribution in [2.24, 2.45) is 0 Å². The number of likely N-dealkylation sites (N-methyl/N-ethyl adjacent to an activating group) is 1. The molecule has 0 saturated carbocycles. The molecule has 0 aromatic heterocycles. The number of rotatable bonds is 5. The fraction of sp³-hybridized carbons (Fsp3) is 0.529. The fourth-order valence-electron chi connectivity index (χ4n) is 2.55. The van der Waals surface area contributed by atoms with E-state index < -0.39 is 0 Å². The topological polar surface area (TPSA) is 52.6 Å². The maximum absolute atomic E-state index is 12.1. The lowest BCUT2D eigenvalue weighted by molar-refractivity contribution is -0.134. The lowest BCUT2D eigenvalue weighted by atomic mass is 10.1. The minimum atomic E-state index is -0.107. The van der Waals surface area contributed by atoms with Gasteiger partial charge < -0.3 is 15.1 Å². The lowest BCUT2D eigenvalue weighted by Gasteiger charge is -2.34. The van der Waals surface area contributed by atoms with Gasteiger partial charge in [0, 0.05) is 26.2 Å². The predicted molar refractivity (Wildman–Crippen MR) is 86.6 cm³/mol. The van der Waals surface area contributed by atoms with Crippen molar-refractivity contribution in [1.82, 2.24) is 15.1 Å². The van der Waals surface area contributed by atoms with Crippen LogP contribution in [0.2, 0.25) is 0 Å². The van der Waals surface area contributed by atoms with Crippen LogP contribution in [0.4, 0.5) is 0 Å². The summed E-state index contributed by atoms with van der Waals surface area (Å²) < 4.78 is 0. The molecule has 2 rings (SSSR count). The Hall–Kier alpha value is -1.88. The number of aryl methyl sites for hydroxylation is 1. The van der Waals surface area contributed by atoms with Crippen molar-refractivity contribution in [1.29, 1.82) is 0 Å². The molecule has 5 nitrogen and oxygen atoms in total. The molecule has 120 valence electrons. The van der Waals surface area contributed by atoms with Gasteiger partial charge in [0.25, 0.3) is 0 Å². The van der Waals surface area contributed by atoms with Gasteiger partial charge >= 0.3 is 0 Å². The van der Waals surface area contributed by atoms with Crippen LogP contribution in [0.3, 0.4) is 0 Å². The number of carbonyl (C=O) groups is 2. The first-order valence-corrected chi connectivity index (χ1v) is 7.91. The lowest BCUT2D eigenvalue weighted by Crippen LogP contribution is -2.51. The van der Waals surface area contributed by atoms with Crippen molar-refractivity contribution in [3.8, 4) is 0 Å². The number of hydrogen-bond donors (Lipinski definition) is 1. The van der Waals surface area contributed by atoms with Crippen LogP contribution >= 0.6 is 0 Å². The third-order valence-electron chi connectivity index (χ3n) is 4.09. The maximum atomic E-state index is 12.1. The van der Waals surface area contributed by atoms with Gasteiger partial charge in [-0.25, -0.2) is 0 Å². The molecule has 1 fully saturated rings. The van der Waals surface area contributed by atoms with E-state index in [1.54, 1.807) is 0 Å². The van der Waals surface area contributed by atoms with Crippen molar-refractivity contribution in [3.05, 3.63) is 35.4 Å². The summed E-state index contributed by atoms with van der Waals surface area (Å²) in [4.78, 5) is 28.1. The quantitative estimate of drug-likeness (QED) is 0.876. The normalized spacial score (nSPS) is 15.6. The maximum Gasteiger partial charge on any atom is 0.242 e. The highest BCUT2D eigenvalue weighted by Gasteiger charge is 2.20. The summed E-state index contributed by atoms with van der Waals surface area (Å²) in [6.45, 7) is 8.59. The molecule has 1 heterocycles. The Bertz CT molecular complexity index is 505. The van der Waals surface area contributed by atoms with Gasteiger partial charge in [-0.3, -0.25) is 9.59 Å². The average molecular weight is 303 g/mol. The molecule has 1 saturated heterocycles. The summed E-state index contributed by atoms with van der Waals surface area (Å²) in [5, 5.41) is 2.72. The van der Waals surface area contributed by atoms with Crippen molar-refractivity contribution in [2.75, 3.05) is 39.3 Å². The first-order valence-electron chi connectivity index (χ1n) is 7.91. The van der Waals surface area contributed by atoms with E-state index in [2.05, 4.69) is 17.1 Å². The van der Waals surface area contributed by atoms with E-state index in [9.17, 15) is 9.59 Å². The Kier molecular flexibility index (Phi) is 5.95. The molecule has 22 heavy (non-hydrogen) atoms. The van der Waals surface area contributed by atoms with Gasteiger partial charge in [0.05, 0.1) is 13.0 Å². The standard InChI is InChI=1S/C17H25N3O2/c1-3-19-8-10-20(11-9-19)17(22)13-18-16(21)12-15-6-4-14(2)5-7-15/h4-7H,3,8-13H2,1-2H3,(H,18,21). The predicted octanol–water partition coefficient (Wildman–Crippen LogP) is 0.818. The second kappa shape index (κ2) is 7.94. The Morgan fingerprint density at radius 1 is 1.09 bits per heavy atom. The summed E-state index contributed by atoms with van der Waals surface area (Å²) >= 11 is 0. The van der Waals surface area contributed by atoms with E-state index in [4.69, 9.17) is 0 Å². The second-order valence-corrected chi connectivity index (χ2v) is 5.75. The third kappa shape index (κ3) is 4.84. The molecule has 1 aromatic carbocycles. The molecule has 1 N–H and O–H groups in total. The zero-order valence-corrected chi connectivity index (χ0v) is 13.5. The Labute approximate surface area is 132 Å². The number of amides is 2. The molecule has 0 radical (unpaired) electrons. The number of carbonyl (C=O) groups excluding carboxylic acids is 2. The highest BCUT2D eigenvalue weighted by atomic mass is 16.2. The van der Waals surface area contributed by atoms with Gasteiger partial charge in [0.15, 0.2) is 0 Å². The van der Waals surface area contributed by atoms with Crippen LogP contribution in [0, 0.1) is 6.92 Å². The number of piperazine rings is 1. The van der Waals surface area contributed by atoms with Crippen molar-refractivity contribution in [2.45, 2.75) is 20.3 Å². The number of nitrogens with zero attached hydrogens (tertiary/aromatic N) is 2. The summed E-state index contributed by atoms with van der Waals surface area (Å²) in [6.07, 6.45) is 0.317. The Balaban J connectivity index is 1.72. The fourth-order valence-corrected chi connectivity index (χ4v) is 2.55. The molecule has 0 unspecified atom stereocenters. The van der Waals surface area contributed by atoms with Crippen LogP contribution in [0.5, 0.6) is 0 Å². The van der Waals surface area contributed by atoms with E-state index in [0.717, 1.165) is 38.3 Å². The van der Waals surface area contributed by atoms with Gasteiger partial charge in [0.2, 0.25) is 11.8 Å². The van der Waals surface area contributed by atoms with Crippen molar-refractivity contribution in [3.63, 3.8) is 0 Å². The second-order valence-electron chi connectivity index (χ2n) is 5.75. The zero-order chi connectivity index (χ0) is 15.9. The van der Waals surface area contributed by atoms with Crippen LogP contribution in [0.15, 0.2) is 24.3 Å². The monoisotopic (exact) mass is 303 g/mol. The third-order valence-corrected chi connectivity index (χ3v) is 4.09. The smallest absolute Gasteiger partial charge is 0.242 e. The minimum Gasteiger partial charge on any atom is -0.347 e. The van der Waals surface area contributed by atoms with Crippen LogP contribution in [0.1, 0.15) is 18.1 Å². The van der Waals surface area contributed by atoms with Gasteiger partial charge in [-0.15, -0.1) is 0 Å². The van der Waals surface area contributed by atoms with Crippen LogP contribution < -0.4 is 5.32 Å². The van der Waals surface area contributed by atoms with Crippen molar-refractivity contribution < 1.29 is 9.59 Å². The first kappa shape index (κ1) is 16.5. The average Bonchev–Trinajstić information content (AvgIpc) is 2.55. The molecule has 1 aromatic rings. The molecule has 1 aliphatic rings. The molecule has 2 amide bonds. The summed E-state index contributed by atoms with van der Waals surface area (Å²) in [6, 6.07) is 7.86. The molecule has 0 bridgehead atoms. The van der Waals surface area contributed by atoms with Gasteiger partial charge in [-0.1, -0.05) is 36.8 Å². The van der Waals surface area contributed by atoms with E-state index in [-0.39, 0.29) is 18.4 Å². The van der Waals surface area contributed by atoms with Gasteiger partial charge in [0.1, 0.15) is 0 Å². The highest BCUT2D eigenvalue weighted by molar-refractivity contribution is 5.85. The number of hydrogen-bond acceptors (Lipinski definition) is 3. The molecule has 0 atom stereocenters. The largest absolute Gasteiger partial charge is 0.347 e. The van der Waals surface area contributed by atoms with Gasteiger partial charge in [-0.05, 0) is 19.0 Å². The van der Waals surface area contributed by atoms with Gasteiger partial charge in [-0.2, -0.15) is 0 Å². The first-order chi connectivity index (χ1) is 10.6.